The molecule has 0 bridgehead atoms. The second kappa shape index (κ2) is 6.85. The summed E-state index contributed by atoms with van der Waals surface area (Å²) in [4.78, 5) is 50.0. The van der Waals surface area contributed by atoms with E-state index in [1.807, 2.05) is 10.8 Å². The lowest BCUT2D eigenvalue weighted by molar-refractivity contribution is -0.131. The van der Waals surface area contributed by atoms with Crippen molar-refractivity contribution in [3.63, 3.8) is 0 Å². The molecule has 4 amide bonds. The molecule has 3 heterocycles. The molecule has 1 fully saturated rings. The molecule has 1 atom stereocenters. The van der Waals surface area contributed by atoms with Crippen LogP contribution in [0.1, 0.15) is 25.0 Å². The van der Waals surface area contributed by atoms with Crippen LogP contribution >= 0.6 is 11.3 Å². The van der Waals surface area contributed by atoms with Crippen LogP contribution in [0.3, 0.4) is 0 Å². The van der Waals surface area contributed by atoms with E-state index in [4.69, 9.17) is 4.42 Å². The highest BCUT2D eigenvalue weighted by Crippen LogP contribution is 2.32. The zero-order valence-electron chi connectivity index (χ0n) is 15.6. The Kier molecular flexibility index (Phi) is 4.46. The molecule has 29 heavy (non-hydrogen) atoms. The molecule has 9 heteroatoms. The first-order valence-electron chi connectivity index (χ1n) is 8.79. The highest BCUT2D eigenvalue weighted by atomic mass is 32.1. The van der Waals surface area contributed by atoms with Gasteiger partial charge in [-0.15, -0.1) is 0 Å². The monoisotopic (exact) mass is 411 g/mol. The number of rotatable bonds is 4. The zero-order valence-corrected chi connectivity index (χ0v) is 16.5. The fraction of sp³-hybridized carbons (Fsp3) is 0.200. The number of hydrogen-bond donors (Lipinski definition) is 2. The maximum atomic E-state index is 13.0. The maximum absolute atomic E-state index is 13.0. The Balaban J connectivity index is 1.70. The van der Waals surface area contributed by atoms with Crippen molar-refractivity contribution in [3.8, 4) is 0 Å². The summed E-state index contributed by atoms with van der Waals surface area (Å²) in [6.45, 7) is 2.96. The molecule has 2 N–H and O–H groups in total. The van der Waals surface area contributed by atoms with Crippen LogP contribution in [-0.4, -0.2) is 22.7 Å². The summed E-state index contributed by atoms with van der Waals surface area (Å²) in [6, 6.07) is 7.40. The van der Waals surface area contributed by atoms with Gasteiger partial charge in [0, 0.05) is 30.1 Å². The molecule has 1 aromatic carbocycles. The lowest BCUT2D eigenvalue weighted by Crippen LogP contribution is -2.40. The third-order valence-corrected chi connectivity index (χ3v) is 5.54. The smallest absolute Gasteiger partial charge is 0.336 e. The van der Waals surface area contributed by atoms with Crippen molar-refractivity contribution in [2.75, 3.05) is 5.32 Å². The van der Waals surface area contributed by atoms with Crippen molar-refractivity contribution < 1.29 is 18.8 Å². The Labute approximate surface area is 169 Å². The molecule has 3 aromatic rings. The van der Waals surface area contributed by atoms with Gasteiger partial charge in [0.15, 0.2) is 0 Å². The first kappa shape index (κ1) is 18.9. The van der Waals surface area contributed by atoms with E-state index >= 15 is 0 Å². The predicted octanol–water partition coefficient (Wildman–Crippen LogP) is 2.78. The standard InChI is InChI=1S/C20H17N3O5S/c1-11(24)21-14-3-4-15-12(7-17(25)28-16(15)8-14)9-23-18(26)20(2,22-19(23)27)13-5-6-29-10-13/h3-8,10H,9H2,1-2H3,(H,21,24)(H,22,27). The molecule has 148 valence electrons. The molecule has 0 radical (unpaired) electrons. The van der Waals surface area contributed by atoms with E-state index in [-0.39, 0.29) is 18.0 Å². The summed E-state index contributed by atoms with van der Waals surface area (Å²) >= 11 is 1.44. The minimum Gasteiger partial charge on any atom is -0.423 e. The van der Waals surface area contributed by atoms with Crippen LogP contribution in [0.2, 0.25) is 0 Å². The summed E-state index contributed by atoms with van der Waals surface area (Å²) in [5, 5.41) is 9.59. The average molecular weight is 411 g/mol. The number of thiophene rings is 1. The van der Waals surface area contributed by atoms with Crippen LogP contribution in [0, 0.1) is 0 Å². The predicted molar refractivity (Wildman–Crippen MR) is 108 cm³/mol. The Bertz CT molecular complexity index is 1200. The molecule has 1 aliphatic heterocycles. The molecule has 4 rings (SSSR count). The van der Waals surface area contributed by atoms with Crippen molar-refractivity contribution >= 4 is 45.8 Å². The average Bonchev–Trinajstić information content (AvgIpc) is 3.25. The summed E-state index contributed by atoms with van der Waals surface area (Å²) < 4.78 is 5.23. The van der Waals surface area contributed by atoms with Gasteiger partial charge in [-0.3, -0.25) is 14.5 Å². The number of hydrogen-bond acceptors (Lipinski definition) is 6. The molecule has 2 aromatic heterocycles. The molecule has 0 saturated carbocycles. The Hall–Kier alpha value is -3.46. The van der Waals surface area contributed by atoms with E-state index in [1.165, 1.54) is 30.4 Å². The largest absolute Gasteiger partial charge is 0.423 e. The number of nitrogens with zero attached hydrogens (tertiary/aromatic N) is 1. The number of fused-ring (bicyclic) bond motifs is 1. The number of imide groups is 1. The summed E-state index contributed by atoms with van der Waals surface area (Å²) in [5.74, 6) is -0.646. The van der Waals surface area contributed by atoms with Crippen LogP contribution < -0.4 is 16.3 Å². The van der Waals surface area contributed by atoms with E-state index in [0.29, 0.717) is 22.2 Å². The number of benzene rings is 1. The number of carbonyl (C=O) groups is 3. The van der Waals surface area contributed by atoms with E-state index in [1.54, 1.807) is 25.1 Å². The van der Waals surface area contributed by atoms with Crippen LogP contribution in [-0.2, 0) is 21.7 Å². The maximum Gasteiger partial charge on any atom is 0.336 e. The summed E-state index contributed by atoms with van der Waals surface area (Å²) in [7, 11) is 0. The topological polar surface area (TPSA) is 109 Å². The molecular formula is C20H17N3O5S. The van der Waals surface area contributed by atoms with Gasteiger partial charge in [0.05, 0.1) is 6.54 Å². The van der Waals surface area contributed by atoms with Crippen molar-refractivity contribution in [2.24, 2.45) is 0 Å². The van der Waals surface area contributed by atoms with E-state index in [0.717, 1.165) is 4.90 Å². The first-order chi connectivity index (χ1) is 13.8. The number of amides is 4. The number of nitrogens with one attached hydrogen (secondary N) is 2. The van der Waals surface area contributed by atoms with Gasteiger partial charge in [0.25, 0.3) is 5.91 Å². The van der Waals surface area contributed by atoms with Gasteiger partial charge in [-0.1, -0.05) is 0 Å². The second-order valence-corrected chi connectivity index (χ2v) is 7.72. The van der Waals surface area contributed by atoms with Crippen LogP contribution in [0.4, 0.5) is 10.5 Å². The van der Waals surface area contributed by atoms with Gasteiger partial charge in [0.1, 0.15) is 11.1 Å². The Morgan fingerprint density at radius 2 is 2.03 bits per heavy atom. The highest BCUT2D eigenvalue weighted by Gasteiger charge is 2.49. The molecule has 1 aliphatic rings. The van der Waals surface area contributed by atoms with Crippen LogP contribution in [0.25, 0.3) is 11.0 Å². The quantitative estimate of drug-likeness (QED) is 0.507. The third-order valence-electron chi connectivity index (χ3n) is 4.85. The Morgan fingerprint density at radius 3 is 2.72 bits per heavy atom. The minimum absolute atomic E-state index is 0.0774. The number of carbonyl (C=O) groups excluding carboxylic acids is 3. The van der Waals surface area contributed by atoms with Crippen molar-refractivity contribution in [3.05, 3.63) is 62.6 Å². The highest BCUT2D eigenvalue weighted by molar-refractivity contribution is 7.08. The third kappa shape index (κ3) is 3.29. The van der Waals surface area contributed by atoms with Gasteiger partial charge in [-0.25, -0.2) is 9.59 Å². The normalized spacial score (nSPS) is 18.9. The fourth-order valence-corrected chi connectivity index (χ4v) is 4.16. The van der Waals surface area contributed by atoms with Crippen molar-refractivity contribution in [2.45, 2.75) is 25.9 Å². The van der Waals surface area contributed by atoms with Gasteiger partial charge < -0.3 is 15.1 Å². The second-order valence-electron chi connectivity index (χ2n) is 6.94. The zero-order chi connectivity index (χ0) is 20.8. The van der Waals surface area contributed by atoms with Crippen LogP contribution in [0.15, 0.2) is 50.3 Å². The van der Waals surface area contributed by atoms with E-state index in [2.05, 4.69) is 10.6 Å². The van der Waals surface area contributed by atoms with Gasteiger partial charge >= 0.3 is 11.7 Å². The number of anilines is 1. The SMILES string of the molecule is CC(=O)Nc1ccc2c(CN3C(=O)NC(C)(c4ccsc4)C3=O)cc(=O)oc2c1. The lowest BCUT2D eigenvalue weighted by Gasteiger charge is -2.20. The Morgan fingerprint density at radius 1 is 1.24 bits per heavy atom. The van der Waals surface area contributed by atoms with Gasteiger partial charge in [-0.2, -0.15) is 11.3 Å². The molecule has 0 aliphatic carbocycles. The van der Waals surface area contributed by atoms with Gasteiger partial charge in [0.2, 0.25) is 5.91 Å². The first-order valence-corrected chi connectivity index (χ1v) is 9.73. The van der Waals surface area contributed by atoms with E-state index < -0.39 is 23.1 Å². The molecule has 1 unspecified atom stereocenters. The fourth-order valence-electron chi connectivity index (χ4n) is 3.40. The molecule has 1 saturated heterocycles. The summed E-state index contributed by atoms with van der Waals surface area (Å²) in [5.41, 5.74) is 0.159. The van der Waals surface area contributed by atoms with Crippen molar-refractivity contribution in [1.82, 2.24) is 10.2 Å². The summed E-state index contributed by atoms with van der Waals surface area (Å²) in [6.07, 6.45) is 0. The van der Waals surface area contributed by atoms with Crippen LogP contribution in [0.5, 0.6) is 0 Å². The minimum atomic E-state index is -1.15. The van der Waals surface area contributed by atoms with Crippen molar-refractivity contribution in [1.29, 1.82) is 0 Å². The molecular weight excluding hydrogens is 394 g/mol. The van der Waals surface area contributed by atoms with Gasteiger partial charge in [-0.05, 0) is 47.0 Å². The molecule has 8 nitrogen and oxygen atoms in total. The van der Waals surface area contributed by atoms with E-state index in [9.17, 15) is 19.2 Å². The lowest BCUT2D eigenvalue weighted by atomic mass is 9.95. The molecule has 0 spiro atoms. The number of urea groups is 1.